The summed E-state index contributed by atoms with van der Waals surface area (Å²) in [5.41, 5.74) is 0. The number of carboxylic acid groups (broad SMARTS) is 1. The molecule has 0 unspecified atom stereocenters. The van der Waals surface area contributed by atoms with E-state index in [9.17, 15) is 9.59 Å². The van der Waals surface area contributed by atoms with Crippen LogP contribution in [0.25, 0.3) is 0 Å². The van der Waals surface area contributed by atoms with Crippen molar-refractivity contribution >= 4 is 23.4 Å². The van der Waals surface area contributed by atoms with Crippen molar-refractivity contribution in [2.45, 2.75) is 27.0 Å². The zero-order valence-electron chi connectivity index (χ0n) is 11.5. The second kappa shape index (κ2) is 7.75. The molecule has 0 aliphatic rings. The van der Waals surface area contributed by atoms with E-state index in [-0.39, 0.29) is 30.5 Å². The Kier molecular flexibility index (Phi) is 6.32. The molecule has 0 saturated heterocycles. The fourth-order valence-electron chi connectivity index (χ4n) is 1.20. The smallest absolute Gasteiger partial charge is 0.436 e. The van der Waals surface area contributed by atoms with Crippen LogP contribution in [0.5, 0.6) is 0 Å². The van der Waals surface area contributed by atoms with Crippen LogP contribution in [0, 0.1) is 5.92 Å². The van der Waals surface area contributed by atoms with Gasteiger partial charge in [0.15, 0.2) is 0 Å². The van der Waals surface area contributed by atoms with Crippen LogP contribution in [-0.4, -0.2) is 40.7 Å². The molecule has 0 bridgehead atoms. The van der Waals surface area contributed by atoms with Gasteiger partial charge in [-0.1, -0.05) is 25.2 Å². The molecule has 0 saturated carbocycles. The molecule has 1 N–H and O–H groups in total. The minimum absolute atomic E-state index is 0.174. The number of aliphatic carboxylic acids is 1. The Hall–Kier alpha value is -1.74. The lowest BCUT2D eigenvalue weighted by atomic mass is 10.2. The Morgan fingerprint density at radius 3 is 2.75 bits per heavy atom. The zero-order valence-corrected chi connectivity index (χ0v) is 12.3. The third kappa shape index (κ3) is 5.49. The quantitative estimate of drug-likeness (QED) is 0.836. The summed E-state index contributed by atoms with van der Waals surface area (Å²) in [6, 6.07) is 0. The normalized spacial score (nSPS) is 11.9. The van der Waals surface area contributed by atoms with Crippen LogP contribution in [-0.2, 0) is 27.4 Å². The molecule has 0 aliphatic heterocycles. The van der Waals surface area contributed by atoms with E-state index in [2.05, 4.69) is 10.1 Å². The molecule has 8 nitrogen and oxygen atoms in total. The molecule has 0 spiro atoms. The predicted octanol–water partition coefficient (Wildman–Crippen LogP) is 0.869. The topological polar surface area (TPSA) is 103 Å². The highest BCUT2D eigenvalue weighted by Gasteiger charge is 2.10. The number of carboxylic acids is 1. The number of aromatic nitrogens is 2. The fraction of sp³-hybridized carbons (Fsp3) is 0.636. The Morgan fingerprint density at radius 1 is 1.50 bits per heavy atom. The van der Waals surface area contributed by atoms with E-state index in [4.69, 9.17) is 14.6 Å². The number of hydrogen-bond acceptors (Lipinski definition) is 6. The molecule has 0 fully saturated rings. The summed E-state index contributed by atoms with van der Waals surface area (Å²) >= 11 is 1.08. The van der Waals surface area contributed by atoms with E-state index in [1.165, 1.54) is 7.11 Å². The van der Waals surface area contributed by atoms with Crippen LogP contribution < -0.4 is 4.80 Å². The van der Waals surface area contributed by atoms with Crippen LogP contribution in [0.1, 0.15) is 18.9 Å². The average molecular weight is 303 g/mol. The first-order valence-corrected chi connectivity index (χ1v) is 6.73. The van der Waals surface area contributed by atoms with Gasteiger partial charge in [0.1, 0.15) is 11.6 Å². The highest BCUT2D eigenvalue weighted by atomic mass is 32.1. The van der Waals surface area contributed by atoms with Gasteiger partial charge in [0.05, 0.1) is 13.2 Å². The van der Waals surface area contributed by atoms with E-state index in [1.54, 1.807) is 0 Å². The molecule has 9 heteroatoms. The van der Waals surface area contributed by atoms with Crippen molar-refractivity contribution in [3.8, 4) is 0 Å². The monoisotopic (exact) mass is 303 g/mol. The highest BCUT2D eigenvalue weighted by molar-refractivity contribution is 7.08. The van der Waals surface area contributed by atoms with Crippen molar-refractivity contribution in [1.82, 2.24) is 9.78 Å². The summed E-state index contributed by atoms with van der Waals surface area (Å²) in [5, 5.41) is 13.3. The Labute approximate surface area is 119 Å². The van der Waals surface area contributed by atoms with Crippen LogP contribution in [0.4, 0.5) is 4.79 Å². The first-order valence-electron chi connectivity index (χ1n) is 5.91. The van der Waals surface area contributed by atoms with Crippen molar-refractivity contribution in [2.75, 3.05) is 13.7 Å². The average Bonchev–Trinajstić information content (AvgIpc) is 2.68. The molecule has 0 aromatic carbocycles. The summed E-state index contributed by atoms with van der Waals surface area (Å²) < 4.78 is 11.0. The second-order valence-corrected chi connectivity index (χ2v) is 5.39. The van der Waals surface area contributed by atoms with E-state index in [0.29, 0.717) is 5.01 Å². The number of rotatable bonds is 6. The van der Waals surface area contributed by atoms with Gasteiger partial charge in [0.25, 0.3) is 0 Å². The second-order valence-electron chi connectivity index (χ2n) is 4.35. The molecule has 1 aromatic rings. The predicted molar refractivity (Wildman–Crippen MR) is 70.2 cm³/mol. The third-order valence-corrected chi connectivity index (χ3v) is 2.86. The van der Waals surface area contributed by atoms with Gasteiger partial charge in [0.2, 0.25) is 4.80 Å². The molecule has 0 atom stereocenters. The van der Waals surface area contributed by atoms with Gasteiger partial charge in [-0.2, -0.15) is 5.10 Å². The molecular weight excluding hydrogens is 286 g/mol. The number of ether oxygens (including phenoxy) is 2. The van der Waals surface area contributed by atoms with Crippen molar-refractivity contribution in [1.29, 1.82) is 0 Å². The van der Waals surface area contributed by atoms with Crippen molar-refractivity contribution in [3.05, 3.63) is 9.81 Å². The molecule has 1 rings (SSSR count). The minimum atomic E-state index is -1.07. The Bertz CT molecular complexity index is 534. The lowest BCUT2D eigenvalue weighted by molar-refractivity contribution is -0.138. The minimum Gasteiger partial charge on any atom is -0.480 e. The molecule has 1 heterocycles. The molecule has 112 valence electrons. The van der Waals surface area contributed by atoms with Crippen molar-refractivity contribution < 1.29 is 24.2 Å². The van der Waals surface area contributed by atoms with Gasteiger partial charge in [-0.15, -0.1) is 4.99 Å². The Morgan fingerprint density at radius 2 is 2.20 bits per heavy atom. The van der Waals surface area contributed by atoms with E-state index >= 15 is 0 Å². The van der Waals surface area contributed by atoms with Crippen molar-refractivity contribution in [3.63, 3.8) is 0 Å². The first-order chi connectivity index (χ1) is 9.42. The van der Waals surface area contributed by atoms with E-state index < -0.39 is 12.1 Å². The van der Waals surface area contributed by atoms with E-state index in [0.717, 1.165) is 16.0 Å². The first kappa shape index (κ1) is 16.3. The summed E-state index contributed by atoms with van der Waals surface area (Å²) in [7, 11) is 1.50. The number of carbonyl (C=O) groups is 2. The van der Waals surface area contributed by atoms with Crippen molar-refractivity contribution in [2.24, 2.45) is 10.9 Å². The summed E-state index contributed by atoms with van der Waals surface area (Å²) in [5.74, 6) is -0.873. The zero-order chi connectivity index (χ0) is 15.1. The fourth-order valence-corrected chi connectivity index (χ4v) is 2.06. The van der Waals surface area contributed by atoms with Gasteiger partial charge in [-0.25, -0.2) is 9.48 Å². The molecule has 0 aliphatic carbocycles. The molecule has 20 heavy (non-hydrogen) atoms. The van der Waals surface area contributed by atoms with Crippen LogP contribution in [0.15, 0.2) is 4.99 Å². The Balaban J connectivity index is 2.94. The number of amides is 1. The molecule has 1 amide bonds. The maximum Gasteiger partial charge on any atom is 0.436 e. The third-order valence-electron chi connectivity index (χ3n) is 1.94. The number of methoxy groups -OCH3 is 1. The molecule has 1 aromatic heterocycles. The highest BCUT2D eigenvalue weighted by Crippen LogP contribution is 2.01. The lowest BCUT2D eigenvalue weighted by Crippen LogP contribution is -2.23. The van der Waals surface area contributed by atoms with Crippen LogP contribution >= 0.6 is 11.3 Å². The maximum absolute atomic E-state index is 11.5. The van der Waals surface area contributed by atoms with Gasteiger partial charge >= 0.3 is 12.1 Å². The molecular formula is C11H17N3O5S. The summed E-state index contributed by atoms with van der Waals surface area (Å²) in [6.07, 6.45) is -0.759. The number of nitrogens with zero attached hydrogens (tertiary/aromatic N) is 3. The van der Waals surface area contributed by atoms with Crippen LogP contribution in [0.3, 0.4) is 0 Å². The van der Waals surface area contributed by atoms with Gasteiger partial charge < -0.3 is 14.6 Å². The van der Waals surface area contributed by atoms with Crippen LogP contribution in [0.2, 0.25) is 0 Å². The molecule has 0 radical (unpaired) electrons. The van der Waals surface area contributed by atoms with Gasteiger partial charge in [0, 0.05) is 7.11 Å². The standard InChI is InChI=1S/C11H17N3O5S/c1-7(2)5-19-11(17)12-10-14(4-9(15)16)13-8(20-10)6-18-3/h7H,4-6H2,1-3H3,(H,15,16). The maximum atomic E-state index is 11.5. The largest absolute Gasteiger partial charge is 0.480 e. The number of hydrogen-bond donors (Lipinski definition) is 1. The van der Waals surface area contributed by atoms with Gasteiger partial charge in [-0.3, -0.25) is 4.79 Å². The number of carbonyl (C=O) groups excluding carboxylic acids is 1. The SMILES string of the molecule is COCc1nn(CC(=O)O)c(=NC(=O)OCC(C)C)s1. The van der Waals surface area contributed by atoms with Gasteiger partial charge in [-0.05, 0) is 5.92 Å². The summed E-state index contributed by atoms with van der Waals surface area (Å²) in [6.45, 7) is 3.91. The summed E-state index contributed by atoms with van der Waals surface area (Å²) in [4.78, 5) is 26.2. The van der Waals surface area contributed by atoms with E-state index in [1.807, 2.05) is 13.8 Å². The lowest BCUT2D eigenvalue weighted by Gasteiger charge is -2.02.